The lowest BCUT2D eigenvalue weighted by molar-refractivity contribution is -0.139. The molecule has 0 N–H and O–H groups in total. The molecular formula is C26H20N2O5. The summed E-state index contributed by atoms with van der Waals surface area (Å²) in [7, 11) is 0. The summed E-state index contributed by atoms with van der Waals surface area (Å²) in [6.07, 6.45) is 0.0836. The molecule has 2 aliphatic rings. The second-order valence-electron chi connectivity index (χ2n) is 8.10. The topological polar surface area (TPSA) is 84.0 Å². The quantitative estimate of drug-likeness (QED) is 0.351. The number of rotatable bonds is 4. The van der Waals surface area contributed by atoms with E-state index < -0.39 is 11.9 Å². The number of hydrogen-bond donors (Lipinski definition) is 0. The van der Waals surface area contributed by atoms with Crippen molar-refractivity contribution in [3.63, 3.8) is 0 Å². The molecule has 1 fully saturated rings. The summed E-state index contributed by atoms with van der Waals surface area (Å²) in [6.45, 7) is 2.18. The molecule has 7 nitrogen and oxygen atoms in total. The minimum Gasteiger partial charge on any atom is -0.426 e. The van der Waals surface area contributed by atoms with Crippen molar-refractivity contribution >= 4 is 35.1 Å². The van der Waals surface area contributed by atoms with Crippen LogP contribution in [0, 0.1) is 12.8 Å². The largest absolute Gasteiger partial charge is 0.426 e. The Labute approximate surface area is 190 Å². The molecule has 33 heavy (non-hydrogen) atoms. The number of anilines is 2. The number of imide groups is 1. The number of benzene rings is 3. The SMILES string of the molecule is Cc1ccccc1N1C[C@H](C(=O)Oc2ccc(N3C(=O)c4ccccc4C3=O)cc2)CC1=O. The van der Waals surface area contributed by atoms with E-state index in [-0.39, 0.29) is 36.4 Å². The summed E-state index contributed by atoms with van der Waals surface area (Å²) in [4.78, 5) is 53.2. The Balaban J connectivity index is 1.27. The summed E-state index contributed by atoms with van der Waals surface area (Å²) in [5.41, 5.74) is 2.87. The number of hydrogen-bond acceptors (Lipinski definition) is 5. The van der Waals surface area contributed by atoms with Crippen molar-refractivity contribution in [1.29, 1.82) is 0 Å². The van der Waals surface area contributed by atoms with E-state index in [2.05, 4.69) is 0 Å². The maximum absolute atomic E-state index is 12.7. The Hall–Kier alpha value is -4.26. The standard InChI is InChI=1S/C26H20N2O5/c1-16-6-2-5-9-22(16)27-15-17(14-23(27)29)26(32)33-19-12-10-18(11-13-19)28-24(30)20-7-3-4-8-21(20)25(28)31/h2-13,17H,14-15H2,1H3/t17-/m1/s1. The van der Waals surface area contributed by atoms with Gasteiger partial charge in [0.1, 0.15) is 5.75 Å². The van der Waals surface area contributed by atoms with Crippen molar-refractivity contribution in [3.05, 3.63) is 89.5 Å². The van der Waals surface area contributed by atoms with Gasteiger partial charge in [-0.05, 0) is 55.0 Å². The van der Waals surface area contributed by atoms with Crippen LogP contribution in [0.2, 0.25) is 0 Å². The van der Waals surface area contributed by atoms with Gasteiger partial charge in [0, 0.05) is 18.7 Å². The molecule has 0 saturated carbocycles. The highest BCUT2D eigenvalue weighted by molar-refractivity contribution is 6.34. The van der Waals surface area contributed by atoms with Gasteiger partial charge in [0.15, 0.2) is 0 Å². The van der Waals surface area contributed by atoms with E-state index in [1.165, 1.54) is 12.1 Å². The van der Waals surface area contributed by atoms with Gasteiger partial charge in [-0.2, -0.15) is 0 Å². The first-order chi connectivity index (χ1) is 15.9. The molecule has 1 saturated heterocycles. The maximum Gasteiger partial charge on any atom is 0.316 e. The lowest BCUT2D eigenvalue weighted by Gasteiger charge is -2.18. The summed E-state index contributed by atoms with van der Waals surface area (Å²) in [6, 6.07) is 20.4. The predicted octanol–water partition coefficient (Wildman–Crippen LogP) is 3.75. The summed E-state index contributed by atoms with van der Waals surface area (Å²) in [5.74, 6) is -1.68. The van der Waals surface area contributed by atoms with Crippen LogP contribution in [0.3, 0.4) is 0 Å². The molecule has 2 aliphatic heterocycles. The minimum atomic E-state index is -0.576. The fourth-order valence-electron chi connectivity index (χ4n) is 4.25. The number of fused-ring (bicyclic) bond motifs is 1. The van der Waals surface area contributed by atoms with Gasteiger partial charge in [0.2, 0.25) is 5.91 Å². The Kier molecular flexibility index (Phi) is 5.01. The normalized spacial score (nSPS) is 17.5. The number of nitrogens with zero attached hydrogens (tertiary/aromatic N) is 2. The number of aryl methyl sites for hydroxylation is 1. The Morgan fingerprint density at radius 3 is 2.09 bits per heavy atom. The van der Waals surface area contributed by atoms with Gasteiger partial charge in [-0.25, -0.2) is 4.90 Å². The second-order valence-corrected chi connectivity index (χ2v) is 8.10. The number of carbonyl (C=O) groups is 4. The highest BCUT2D eigenvalue weighted by Gasteiger charge is 2.38. The predicted molar refractivity (Wildman–Crippen MR) is 121 cm³/mol. The smallest absolute Gasteiger partial charge is 0.316 e. The third kappa shape index (κ3) is 3.57. The van der Waals surface area contributed by atoms with Gasteiger partial charge in [-0.3, -0.25) is 19.2 Å². The van der Waals surface area contributed by atoms with Crippen molar-refractivity contribution in [3.8, 4) is 5.75 Å². The number of amides is 3. The van der Waals surface area contributed by atoms with Crippen LogP contribution in [-0.2, 0) is 9.59 Å². The van der Waals surface area contributed by atoms with Crippen LogP contribution in [0.5, 0.6) is 5.75 Å². The maximum atomic E-state index is 12.7. The third-order valence-corrected chi connectivity index (χ3v) is 5.97. The van der Waals surface area contributed by atoms with E-state index in [1.54, 1.807) is 41.3 Å². The van der Waals surface area contributed by atoms with E-state index in [9.17, 15) is 19.2 Å². The van der Waals surface area contributed by atoms with Crippen molar-refractivity contribution in [1.82, 2.24) is 0 Å². The Bertz CT molecular complexity index is 1260. The van der Waals surface area contributed by atoms with Crippen LogP contribution >= 0.6 is 0 Å². The summed E-state index contributed by atoms with van der Waals surface area (Å²) >= 11 is 0. The third-order valence-electron chi connectivity index (χ3n) is 5.97. The molecule has 0 unspecified atom stereocenters. The molecule has 3 aromatic carbocycles. The zero-order valence-electron chi connectivity index (χ0n) is 17.9. The Morgan fingerprint density at radius 2 is 1.45 bits per heavy atom. The van der Waals surface area contributed by atoms with Crippen molar-refractivity contribution in [2.75, 3.05) is 16.3 Å². The van der Waals surface area contributed by atoms with Crippen LogP contribution < -0.4 is 14.5 Å². The average molecular weight is 440 g/mol. The number of para-hydroxylation sites is 1. The zero-order valence-corrected chi connectivity index (χ0v) is 17.9. The van der Waals surface area contributed by atoms with E-state index >= 15 is 0 Å². The van der Waals surface area contributed by atoms with Gasteiger partial charge in [0.05, 0.1) is 22.7 Å². The van der Waals surface area contributed by atoms with Gasteiger partial charge in [-0.15, -0.1) is 0 Å². The molecule has 7 heteroatoms. The summed E-state index contributed by atoms with van der Waals surface area (Å²) < 4.78 is 5.49. The molecule has 3 amide bonds. The van der Waals surface area contributed by atoms with Crippen LogP contribution in [0.15, 0.2) is 72.8 Å². The van der Waals surface area contributed by atoms with Crippen LogP contribution in [0.25, 0.3) is 0 Å². The zero-order chi connectivity index (χ0) is 23.1. The molecule has 5 rings (SSSR count). The van der Waals surface area contributed by atoms with Gasteiger partial charge >= 0.3 is 5.97 Å². The van der Waals surface area contributed by atoms with Gasteiger partial charge < -0.3 is 9.64 Å². The monoisotopic (exact) mass is 440 g/mol. The first kappa shape index (κ1) is 20.6. The molecule has 164 valence electrons. The molecule has 1 atom stereocenters. The molecular weight excluding hydrogens is 420 g/mol. The van der Waals surface area contributed by atoms with Crippen LogP contribution in [0.4, 0.5) is 11.4 Å². The summed E-state index contributed by atoms with van der Waals surface area (Å²) in [5, 5.41) is 0. The number of ether oxygens (including phenoxy) is 1. The van der Waals surface area contributed by atoms with E-state index in [4.69, 9.17) is 4.74 Å². The molecule has 0 spiro atoms. The molecule has 0 aromatic heterocycles. The first-order valence-electron chi connectivity index (χ1n) is 10.6. The molecule has 0 bridgehead atoms. The van der Waals surface area contributed by atoms with Crippen LogP contribution in [0.1, 0.15) is 32.7 Å². The van der Waals surface area contributed by atoms with Crippen LogP contribution in [-0.4, -0.2) is 30.2 Å². The molecule has 3 aromatic rings. The average Bonchev–Trinajstić information content (AvgIpc) is 3.33. The van der Waals surface area contributed by atoms with Crippen molar-refractivity contribution in [2.24, 2.45) is 5.92 Å². The van der Waals surface area contributed by atoms with Gasteiger partial charge in [0.25, 0.3) is 11.8 Å². The van der Waals surface area contributed by atoms with Crippen molar-refractivity contribution < 1.29 is 23.9 Å². The van der Waals surface area contributed by atoms with Gasteiger partial charge in [-0.1, -0.05) is 30.3 Å². The molecule has 0 radical (unpaired) electrons. The highest BCUT2D eigenvalue weighted by atomic mass is 16.5. The molecule has 0 aliphatic carbocycles. The Morgan fingerprint density at radius 1 is 0.848 bits per heavy atom. The fourth-order valence-corrected chi connectivity index (χ4v) is 4.25. The van der Waals surface area contributed by atoms with E-state index in [0.717, 1.165) is 16.2 Å². The fraction of sp³-hybridized carbons (Fsp3) is 0.154. The van der Waals surface area contributed by atoms with E-state index in [0.29, 0.717) is 16.8 Å². The molecule has 2 heterocycles. The first-order valence-corrected chi connectivity index (χ1v) is 10.6. The minimum absolute atomic E-state index is 0.0836. The van der Waals surface area contributed by atoms with Crippen molar-refractivity contribution in [2.45, 2.75) is 13.3 Å². The number of esters is 1. The number of carbonyl (C=O) groups excluding carboxylic acids is 4. The second kappa shape index (κ2) is 8.02. The van der Waals surface area contributed by atoms with E-state index in [1.807, 2.05) is 31.2 Å². The highest BCUT2D eigenvalue weighted by Crippen LogP contribution is 2.31. The lowest BCUT2D eigenvalue weighted by atomic mass is 10.1. The lowest BCUT2D eigenvalue weighted by Crippen LogP contribution is -2.29.